The highest BCUT2D eigenvalue weighted by molar-refractivity contribution is 5.86. The van der Waals surface area contributed by atoms with Crippen LogP contribution in [0, 0.1) is 5.82 Å². The summed E-state index contributed by atoms with van der Waals surface area (Å²) in [4.78, 5) is 10.7. The van der Waals surface area contributed by atoms with Crippen molar-refractivity contribution in [3.8, 4) is 5.75 Å². The summed E-state index contributed by atoms with van der Waals surface area (Å²) in [6.07, 6.45) is 7.28. The third-order valence-corrected chi connectivity index (χ3v) is 6.32. The molecule has 2 heterocycles. The zero-order valence-electron chi connectivity index (χ0n) is 19.9. The fourth-order valence-electron chi connectivity index (χ4n) is 4.20. The molecule has 0 atom stereocenters. The Morgan fingerprint density at radius 2 is 2.12 bits per heavy atom. The van der Waals surface area contributed by atoms with Crippen LogP contribution in [0.4, 0.5) is 16.2 Å². The molecule has 0 bridgehead atoms. The third kappa shape index (κ3) is 5.39. The largest absolute Gasteiger partial charge is 0.496 e. The van der Waals surface area contributed by atoms with Crippen molar-refractivity contribution >= 4 is 22.8 Å². The van der Waals surface area contributed by atoms with Gasteiger partial charge in [-0.2, -0.15) is 10.1 Å². The van der Waals surface area contributed by atoms with Gasteiger partial charge in [-0.3, -0.25) is 4.68 Å². The van der Waals surface area contributed by atoms with Gasteiger partial charge in [0.15, 0.2) is 11.3 Å². The second-order valence-corrected chi connectivity index (χ2v) is 8.80. The molecule has 34 heavy (non-hydrogen) atoms. The molecule has 3 aromatic rings. The lowest BCUT2D eigenvalue weighted by molar-refractivity contribution is 0.301. The molecule has 1 fully saturated rings. The summed E-state index contributed by atoms with van der Waals surface area (Å²) in [6, 6.07) is 3.96. The van der Waals surface area contributed by atoms with Gasteiger partial charge in [0.05, 0.1) is 32.0 Å². The minimum atomic E-state index is -0.333. The number of nitrogens with zero attached hydrogens (tertiary/aromatic N) is 5. The molecule has 0 saturated heterocycles. The minimum Gasteiger partial charge on any atom is -0.496 e. The van der Waals surface area contributed by atoms with Crippen LogP contribution in [0.25, 0.3) is 11.0 Å². The molecule has 9 nitrogen and oxygen atoms in total. The topological polar surface area (TPSA) is 114 Å². The molecule has 0 spiro atoms. The van der Waals surface area contributed by atoms with Gasteiger partial charge in [-0.25, -0.2) is 9.37 Å². The van der Waals surface area contributed by atoms with Gasteiger partial charge < -0.3 is 25.8 Å². The number of fused-ring (bicyclic) bond motifs is 1. The first-order chi connectivity index (χ1) is 16.5. The van der Waals surface area contributed by atoms with Gasteiger partial charge in [0, 0.05) is 25.7 Å². The maximum absolute atomic E-state index is 15.1. The van der Waals surface area contributed by atoms with E-state index in [-0.39, 0.29) is 24.9 Å². The Bertz CT molecular complexity index is 1120. The van der Waals surface area contributed by atoms with Crippen LogP contribution in [0.15, 0.2) is 18.3 Å². The van der Waals surface area contributed by atoms with Gasteiger partial charge in [0.2, 0.25) is 5.95 Å². The number of hydrogen-bond acceptors (Lipinski definition) is 8. The van der Waals surface area contributed by atoms with Crippen molar-refractivity contribution in [3.05, 3.63) is 35.3 Å². The summed E-state index contributed by atoms with van der Waals surface area (Å²) in [5.41, 5.74) is 8.38. The van der Waals surface area contributed by atoms with Crippen molar-refractivity contribution in [2.24, 2.45) is 0 Å². The summed E-state index contributed by atoms with van der Waals surface area (Å²) in [7, 11) is 1.55. The summed E-state index contributed by atoms with van der Waals surface area (Å²) < 4.78 is 22.3. The maximum atomic E-state index is 15.1. The lowest BCUT2D eigenvalue weighted by Crippen LogP contribution is -2.34. The molecular weight excluding hydrogens is 437 g/mol. The Balaban J connectivity index is 1.61. The monoisotopic (exact) mass is 471 g/mol. The van der Waals surface area contributed by atoms with E-state index >= 15 is 4.39 Å². The molecule has 184 valence electrons. The van der Waals surface area contributed by atoms with E-state index in [9.17, 15) is 5.11 Å². The van der Waals surface area contributed by atoms with Crippen LogP contribution in [0.5, 0.6) is 5.75 Å². The lowest BCUT2D eigenvalue weighted by Gasteiger charge is -2.26. The van der Waals surface area contributed by atoms with E-state index in [4.69, 9.17) is 10.5 Å². The number of hydrogen-bond donors (Lipinski definition) is 3. The normalized spacial score (nSPS) is 13.9. The van der Waals surface area contributed by atoms with Crippen LogP contribution in [0.2, 0.25) is 0 Å². The first-order valence-electron chi connectivity index (χ1n) is 12.0. The number of nitrogens with two attached hydrogens (primary N) is 1. The van der Waals surface area contributed by atoms with E-state index in [1.165, 1.54) is 19.3 Å². The van der Waals surface area contributed by atoms with Crippen LogP contribution < -0.4 is 20.7 Å². The van der Waals surface area contributed by atoms with Crippen LogP contribution in [0.1, 0.15) is 50.2 Å². The molecule has 2 aromatic heterocycles. The standard InChI is InChI=1S/C24H34FN7O2/c1-3-4-8-31(9-10-33)23-22-20(28-24(26)29-23)15-32(30-22)14-18-19(25)11-16(12-21(18)34-2)13-27-17-6-5-7-17/h11-12,15,17,27,33H,3-10,13-14H2,1-2H3,(H2,26,28). The van der Waals surface area contributed by atoms with Crippen molar-refractivity contribution in [2.45, 2.75) is 58.2 Å². The number of anilines is 2. The zero-order valence-corrected chi connectivity index (χ0v) is 19.9. The summed E-state index contributed by atoms with van der Waals surface area (Å²) in [5.74, 6) is 0.864. The van der Waals surface area contributed by atoms with E-state index < -0.39 is 0 Å². The first-order valence-corrected chi connectivity index (χ1v) is 12.0. The van der Waals surface area contributed by atoms with E-state index in [0.29, 0.717) is 53.8 Å². The number of nitrogen functional groups attached to an aromatic ring is 1. The molecule has 1 aliphatic carbocycles. The number of halogens is 1. The van der Waals surface area contributed by atoms with Crippen molar-refractivity contribution < 1.29 is 14.2 Å². The first kappa shape index (κ1) is 24.2. The van der Waals surface area contributed by atoms with Gasteiger partial charge in [0.25, 0.3) is 0 Å². The average molecular weight is 472 g/mol. The Hall–Kier alpha value is -2.98. The molecule has 1 aromatic carbocycles. The Labute approximate surface area is 199 Å². The number of ether oxygens (including phenoxy) is 1. The third-order valence-electron chi connectivity index (χ3n) is 6.32. The van der Waals surface area contributed by atoms with Crippen LogP contribution in [0.3, 0.4) is 0 Å². The van der Waals surface area contributed by atoms with Crippen LogP contribution in [-0.2, 0) is 13.1 Å². The number of aliphatic hydroxyl groups excluding tert-OH is 1. The molecule has 4 N–H and O–H groups in total. The average Bonchev–Trinajstić information content (AvgIpc) is 3.18. The van der Waals surface area contributed by atoms with E-state index in [1.54, 1.807) is 24.1 Å². The molecule has 0 aliphatic heterocycles. The smallest absolute Gasteiger partial charge is 0.222 e. The van der Waals surface area contributed by atoms with Crippen molar-refractivity contribution in [1.82, 2.24) is 25.1 Å². The van der Waals surface area contributed by atoms with Gasteiger partial charge in [-0.1, -0.05) is 19.8 Å². The Morgan fingerprint density at radius 3 is 2.79 bits per heavy atom. The molecule has 0 amide bonds. The second kappa shape index (κ2) is 11.0. The maximum Gasteiger partial charge on any atom is 0.222 e. The number of aliphatic hydroxyl groups is 1. The summed E-state index contributed by atoms with van der Waals surface area (Å²) in [5, 5.41) is 17.6. The Morgan fingerprint density at radius 1 is 1.29 bits per heavy atom. The summed E-state index contributed by atoms with van der Waals surface area (Å²) >= 11 is 0. The molecule has 1 aliphatic rings. The number of benzene rings is 1. The number of rotatable bonds is 12. The zero-order chi connectivity index (χ0) is 24.1. The lowest BCUT2D eigenvalue weighted by atomic mass is 9.93. The van der Waals surface area contributed by atoms with Crippen molar-refractivity contribution in [1.29, 1.82) is 0 Å². The van der Waals surface area contributed by atoms with Gasteiger partial charge in [0.1, 0.15) is 17.1 Å². The predicted octanol–water partition coefficient (Wildman–Crippen LogP) is 2.85. The SMILES string of the molecule is CCCCN(CCO)c1nc(N)nc2cn(Cc3c(F)cc(CNC4CCC4)cc3OC)nc12. The fraction of sp³-hybridized carbons (Fsp3) is 0.542. The highest BCUT2D eigenvalue weighted by atomic mass is 19.1. The van der Waals surface area contributed by atoms with E-state index in [1.807, 2.05) is 11.0 Å². The van der Waals surface area contributed by atoms with E-state index in [0.717, 1.165) is 18.4 Å². The van der Waals surface area contributed by atoms with Gasteiger partial charge in [-0.15, -0.1) is 0 Å². The van der Waals surface area contributed by atoms with Crippen LogP contribution >= 0.6 is 0 Å². The van der Waals surface area contributed by atoms with Crippen molar-refractivity contribution in [3.63, 3.8) is 0 Å². The minimum absolute atomic E-state index is 0.0137. The molecule has 0 unspecified atom stereocenters. The quantitative estimate of drug-likeness (QED) is 0.369. The van der Waals surface area contributed by atoms with E-state index in [2.05, 4.69) is 27.3 Å². The molecule has 0 radical (unpaired) electrons. The van der Waals surface area contributed by atoms with Gasteiger partial charge >= 0.3 is 0 Å². The van der Waals surface area contributed by atoms with Gasteiger partial charge in [-0.05, 0) is 37.0 Å². The molecule has 10 heteroatoms. The number of nitrogens with one attached hydrogen (secondary N) is 1. The number of aromatic nitrogens is 4. The molecule has 4 rings (SSSR count). The number of unbranched alkanes of at least 4 members (excludes halogenated alkanes) is 1. The fourth-order valence-corrected chi connectivity index (χ4v) is 4.20. The number of methoxy groups -OCH3 is 1. The predicted molar refractivity (Wildman–Crippen MR) is 130 cm³/mol. The summed E-state index contributed by atoms with van der Waals surface area (Å²) in [6.45, 7) is 4.01. The highest BCUT2D eigenvalue weighted by Gasteiger charge is 2.20. The highest BCUT2D eigenvalue weighted by Crippen LogP contribution is 2.28. The van der Waals surface area contributed by atoms with Crippen molar-refractivity contribution in [2.75, 3.05) is 37.4 Å². The molecule has 1 saturated carbocycles. The second-order valence-electron chi connectivity index (χ2n) is 8.80. The molecular formula is C24H34FN7O2. The van der Waals surface area contributed by atoms with Crippen LogP contribution in [-0.4, -0.2) is 57.7 Å². The Kier molecular flexibility index (Phi) is 7.79.